The number of ether oxygens (including phenoxy) is 2. The van der Waals surface area contributed by atoms with Crippen LogP contribution in [0.4, 0.5) is 0 Å². The van der Waals surface area contributed by atoms with Gasteiger partial charge in [-0.15, -0.1) is 0 Å². The van der Waals surface area contributed by atoms with E-state index in [-0.39, 0.29) is 0 Å². The van der Waals surface area contributed by atoms with E-state index in [1.165, 1.54) is 0 Å². The summed E-state index contributed by atoms with van der Waals surface area (Å²) in [7, 11) is 3.26. The van der Waals surface area contributed by atoms with Crippen LogP contribution in [0.25, 0.3) is 43.5 Å². The Kier molecular flexibility index (Phi) is 3.24. The zero-order valence-electron chi connectivity index (χ0n) is 14.3. The summed E-state index contributed by atoms with van der Waals surface area (Å²) in [5.41, 5.74) is 2.82. The summed E-state index contributed by atoms with van der Waals surface area (Å²) in [6, 6.07) is 16.2. The number of hydrogen-bond acceptors (Lipinski definition) is 3. The lowest BCUT2D eigenvalue weighted by Crippen LogP contribution is -1.92. The van der Waals surface area contributed by atoms with Gasteiger partial charge in [0.25, 0.3) is 0 Å². The molecule has 0 aliphatic heterocycles. The van der Waals surface area contributed by atoms with Crippen molar-refractivity contribution in [1.82, 2.24) is 9.97 Å². The van der Waals surface area contributed by atoms with Gasteiger partial charge in [0.15, 0.2) is 11.5 Å². The highest BCUT2D eigenvalue weighted by Crippen LogP contribution is 2.39. The summed E-state index contributed by atoms with van der Waals surface area (Å²) in [6.45, 7) is 0. The molecule has 0 spiro atoms. The summed E-state index contributed by atoms with van der Waals surface area (Å²) >= 11 is 6.55. The fourth-order valence-corrected chi connectivity index (χ4v) is 3.88. The molecule has 1 N–H and O–H groups in total. The third kappa shape index (κ3) is 2.06. The topological polar surface area (TPSA) is 47.1 Å². The highest BCUT2D eigenvalue weighted by atomic mass is 35.5. The zero-order chi connectivity index (χ0) is 17.8. The number of pyridine rings is 1. The van der Waals surface area contributed by atoms with Gasteiger partial charge >= 0.3 is 0 Å². The van der Waals surface area contributed by atoms with Gasteiger partial charge in [-0.1, -0.05) is 29.8 Å². The number of benzene rings is 3. The van der Waals surface area contributed by atoms with Crippen LogP contribution < -0.4 is 9.47 Å². The molecule has 4 nitrogen and oxygen atoms in total. The molecule has 128 valence electrons. The number of aromatic amines is 1. The summed E-state index contributed by atoms with van der Waals surface area (Å²) in [4.78, 5) is 7.99. The molecular weight excluding hydrogens is 348 g/mol. The Labute approximate surface area is 154 Å². The van der Waals surface area contributed by atoms with E-state index >= 15 is 0 Å². The Hall–Kier alpha value is -2.98. The molecule has 5 heteroatoms. The van der Waals surface area contributed by atoms with Crippen molar-refractivity contribution in [3.8, 4) is 11.5 Å². The van der Waals surface area contributed by atoms with Crippen molar-refractivity contribution in [3.63, 3.8) is 0 Å². The highest BCUT2D eigenvalue weighted by Gasteiger charge is 2.14. The van der Waals surface area contributed by atoms with Gasteiger partial charge in [-0.25, -0.2) is 4.98 Å². The lowest BCUT2D eigenvalue weighted by atomic mass is 10.0. The van der Waals surface area contributed by atoms with E-state index in [4.69, 9.17) is 26.1 Å². The number of hydrogen-bond donors (Lipinski definition) is 1. The lowest BCUT2D eigenvalue weighted by Gasteiger charge is -2.12. The Bertz CT molecular complexity index is 1320. The van der Waals surface area contributed by atoms with Gasteiger partial charge in [0.05, 0.1) is 30.8 Å². The first-order valence-electron chi connectivity index (χ1n) is 8.25. The van der Waals surface area contributed by atoms with E-state index in [0.29, 0.717) is 16.7 Å². The first-order chi connectivity index (χ1) is 12.7. The normalized spacial score (nSPS) is 11.7. The summed E-state index contributed by atoms with van der Waals surface area (Å²) in [6.07, 6.45) is 0. The molecule has 5 rings (SSSR count). The number of H-pyrrole nitrogens is 1. The van der Waals surface area contributed by atoms with E-state index in [2.05, 4.69) is 17.1 Å². The Morgan fingerprint density at radius 1 is 0.769 bits per heavy atom. The van der Waals surface area contributed by atoms with Crippen molar-refractivity contribution in [3.05, 3.63) is 53.7 Å². The minimum Gasteiger partial charge on any atom is -0.493 e. The van der Waals surface area contributed by atoms with Crippen molar-refractivity contribution >= 4 is 55.1 Å². The van der Waals surface area contributed by atoms with E-state index < -0.39 is 0 Å². The molecule has 2 heterocycles. The van der Waals surface area contributed by atoms with E-state index in [9.17, 15) is 0 Å². The standard InChI is InChI=1S/C21H15ClN2O2/c1-25-19-9-14-12-7-13-11-5-3-4-6-16(11)23-17(13)8-15(12)21(22)24-18(14)10-20(19)26-2/h3-10,24H,1-2H3. The van der Waals surface area contributed by atoms with Crippen LogP contribution in [0.2, 0.25) is 5.15 Å². The molecule has 0 fully saturated rings. The second-order valence-electron chi connectivity index (χ2n) is 6.24. The zero-order valence-corrected chi connectivity index (χ0v) is 15.0. The van der Waals surface area contributed by atoms with Gasteiger partial charge in [0.2, 0.25) is 0 Å². The monoisotopic (exact) mass is 362 g/mol. The lowest BCUT2D eigenvalue weighted by molar-refractivity contribution is 0.356. The molecule has 3 aromatic carbocycles. The predicted octanol–water partition coefficient (Wildman–Crippen LogP) is 5.69. The molecule has 0 unspecified atom stereocenters. The third-order valence-corrected chi connectivity index (χ3v) is 5.16. The van der Waals surface area contributed by atoms with Crippen LogP contribution >= 0.6 is 11.6 Å². The van der Waals surface area contributed by atoms with Crippen molar-refractivity contribution < 1.29 is 9.47 Å². The van der Waals surface area contributed by atoms with E-state index in [0.717, 1.165) is 43.5 Å². The second kappa shape index (κ2) is 5.51. The SMILES string of the molecule is COc1cc2[nH]c(Cl)c3cc4nc5ccccc5c4cc3c2cc1OC. The highest BCUT2D eigenvalue weighted by molar-refractivity contribution is 6.36. The number of nitrogens with one attached hydrogen (secondary N) is 1. The number of fused-ring (bicyclic) bond motifs is 6. The number of nitrogens with zero attached hydrogens (tertiary/aromatic N) is 1. The fraction of sp³-hybridized carbons (Fsp3) is 0.0952. The molecule has 0 radical (unpaired) electrons. The number of aromatic nitrogens is 2. The van der Waals surface area contributed by atoms with Crippen molar-refractivity contribution in [2.45, 2.75) is 0 Å². The maximum Gasteiger partial charge on any atom is 0.162 e. The van der Waals surface area contributed by atoms with E-state index in [1.807, 2.05) is 36.4 Å². The Morgan fingerprint density at radius 3 is 2.35 bits per heavy atom. The molecule has 2 aromatic heterocycles. The fourth-order valence-electron chi connectivity index (χ4n) is 3.62. The molecule has 26 heavy (non-hydrogen) atoms. The maximum atomic E-state index is 6.55. The summed E-state index contributed by atoms with van der Waals surface area (Å²) in [5, 5.41) is 5.84. The van der Waals surface area contributed by atoms with Gasteiger partial charge in [-0.05, 0) is 29.7 Å². The predicted molar refractivity (Wildman–Crippen MR) is 107 cm³/mol. The van der Waals surface area contributed by atoms with Gasteiger partial charge in [-0.3, -0.25) is 0 Å². The average Bonchev–Trinajstić information content (AvgIpc) is 3.03. The van der Waals surface area contributed by atoms with Gasteiger partial charge in [0.1, 0.15) is 5.15 Å². The molecule has 0 saturated heterocycles. The van der Waals surface area contributed by atoms with Crippen LogP contribution in [0, 0.1) is 0 Å². The van der Waals surface area contributed by atoms with Crippen LogP contribution in [0.15, 0.2) is 48.5 Å². The molecule has 0 saturated carbocycles. The minimum absolute atomic E-state index is 0.577. The quantitative estimate of drug-likeness (QED) is 0.324. The van der Waals surface area contributed by atoms with Crippen molar-refractivity contribution in [2.24, 2.45) is 0 Å². The smallest absolute Gasteiger partial charge is 0.162 e. The third-order valence-electron chi connectivity index (χ3n) is 4.87. The molecule has 0 aliphatic carbocycles. The molecular formula is C21H15ClN2O2. The van der Waals surface area contributed by atoms with Crippen molar-refractivity contribution in [1.29, 1.82) is 0 Å². The van der Waals surface area contributed by atoms with E-state index in [1.54, 1.807) is 14.2 Å². The van der Waals surface area contributed by atoms with Crippen LogP contribution in [-0.2, 0) is 0 Å². The van der Waals surface area contributed by atoms with Gasteiger partial charge in [0, 0.05) is 27.6 Å². The van der Waals surface area contributed by atoms with Crippen LogP contribution in [0.3, 0.4) is 0 Å². The molecule has 0 aliphatic rings. The molecule has 0 bridgehead atoms. The Morgan fingerprint density at radius 2 is 1.54 bits per heavy atom. The van der Waals surface area contributed by atoms with Crippen LogP contribution in [-0.4, -0.2) is 24.2 Å². The van der Waals surface area contributed by atoms with Crippen LogP contribution in [0.1, 0.15) is 0 Å². The van der Waals surface area contributed by atoms with Gasteiger partial charge < -0.3 is 14.5 Å². The summed E-state index contributed by atoms with van der Waals surface area (Å²) < 4.78 is 10.9. The molecule has 5 aromatic rings. The molecule has 0 atom stereocenters. The first-order valence-corrected chi connectivity index (χ1v) is 8.63. The first kappa shape index (κ1) is 15.3. The largest absolute Gasteiger partial charge is 0.493 e. The Balaban J connectivity index is 1.98. The average molecular weight is 363 g/mol. The van der Waals surface area contributed by atoms with Crippen molar-refractivity contribution in [2.75, 3.05) is 14.2 Å². The minimum atomic E-state index is 0.577. The van der Waals surface area contributed by atoms with Gasteiger partial charge in [-0.2, -0.15) is 0 Å². The number of methoxy groups -OCH3 is 2. The number of halogens is 1. The number of rotatable bonds is 2. The molecule has 0 amide bonds. The second-order valence-corrected chi connectivity index (χ2v) is 6.61. The maximum absolute atomic E-state index is 6.55. The van der Waals surface area contributed by atoms with Crippen LogP contribution in [0.5, 0.6) is 11.5 Å². The number of para-hydroxylation sites is 1. The summed E-state index contributed by atoms with van der Waals surface area (Å²) in [5.74, 6) is 1.34.